The van der Waals surface area contributed by atoms with Gasteiger partial charge in [0.2, 0.25) is 0 Å². The van der Waals surface area contributed by atoms with Crippen molar-refractivity contribution in [3.05, 3.63) is 22.7 Å². The summed E-state index contributed by atoms with van der Waals surface area (Å²) in [6.07, 6.45) is 0.300. The monoisotopic (exact) mass is 326 g/mol. The molecule has 0 radical (unpaired) electrons. The van der Waals surface area contributed by atoms with Crippen molar-refractivity contribution in [2.75, 3.05) is 40.0 Å². The molecule has 0 bridgehead atoms. The van der Waals surface area contributed by atoms with Gasteiger partial charge >= 0.3 is 0 Å². The van der Waals surface area contributed by atoms with Crippen molar-refractivity contribution in [3.8, 4) is 11.5 Å². The fourth-order valence-corrected chi connectivity index (χ4v) is 3.58. The second kappa shape index (κ2) is 7.04. The van der Waals surface area contributed by atoms with E-state index in [1.165, 1.54) is 0 Å². The van der Waals surface area contributed by atoms with Crippen LogP contribution < -0.4 is 14.8 Å². The fraction of sp³-hybridized carbons (Fsp3) is 0.625. The third-order valence-corrected chi connectivity index (χ3v) is 4.55. The van der Waals surface area contributed by atoms with E-state index >= 15 is 0 Å². The van der Waals surface area contributed by atoms with Gasteiger partial charge in [-0.3, -0.25) is 4.90 Å². The zero-order valence-electron chi connectivity index (χ0n) is 13.1. The predicted molar refractivity (Wildman–Crippen MR) is 86.0 cm³/mol. The average molecular weight is 327 g/mol. The Morgan fingerprint density at radius 1 is 1.41 bits per heavy atom. The smallest absolute Gasteiger partial charge is 0.179 e. The molecule has 5 nitrogen and oxygen atoms in total. The molecular formula is C16H23ClN2O3. The first-order valence-electron chi connectivity index (χ1n) is 7.78. The molecule has 0 saturated carbocycles. The summed E-state index contributed by atoms with van der Waals surface area (Å²) < 4.78 is 16.8. The second-order valence-electron chi connectivity index (χ2n) is 5.65. The molecular weight excluding hydrogens is 304 g/mol. The van der Waals surface area contributed by atoms with Gasteiger partial charge < -0.3 is 19.5 Å². The maximum atomic E-state index is 6.34. The molecule has 1 aromatic carbocycles. The van der Waals surface area contributed by atoms with Crippen LogP contribution in [0.1, 0.15) is 12.5 Å². The van der Waals surface area contributed by atoms with E-state index in [0.29, 0.717) is 35.3 Å². The molecule has 0 unspecified atom stereocenters. The highest BCUT2D eigenvalue weighted by Gasteiger charge is 2.35. The minimum atomic E-state index is 0.300. The second-order valence-corrected chi connectivity index (χ2v) is 6.05. The lowest BCUT2D eigenvalue weighted by Gasteiger charge is -2.37. The van der Waals surface area contributed by atoms with Gasteiger partial charge in [0, 0.05) is 32.2 Å². The predicted octanol–water partition coefficient (Wildman–Crippen LogP) is 1.92. The van der Waals surface area contributed by atoms with Gasteiger partial charge in [-0.1, -0.05) is 11.6 Å². The lowest BCUT2D eigenvalue weighted by molar-refractivity contribution is -0.0500. The van der Waals surface area contributed by atoms with Crippen molar-refractivity contribution in [2.24, 2.45) is 0 Å². The van der Waals surface area contributed by atoms with Crippen LogP contribution in [-0.4, -0.2) is 57.0 Å². The molecule has 0 amide bonds. The molecule has 2 atom stereocenters. The minimum absolute atomic E-state index is 0.300. The number of ether oxygens (including phenoxy) is 3. The van der Waals surface area contributed by atoms with Crippen LogP contribution in [0.5, 0.6) is 11.5 Å². The molecule has 6 heteroatoms. The van der Waals surface area contributed by atoms with Crippen LogP contribution >= 0.6 is 11.6 Å². The molecule has 0 aromatic heterocycles. The first kappa shape index (κ1) is 15.9. The molecule has 2 fully saturated rings. The Morgan fingerprint density at radius 2 is 2.27 bits per heavy atom. The van der Waals surface area contributed by atoms with Crippen LogP contribution in [0.2, 0.25) is 5.02 Å². The molecule has 3 rings (SSSR count). The van der Waals surface area contributed by atoms with E-state index in [1.54, 1.807) is 7.11 Å². The fourth-order valence-electron chi connectivity index (χ4n) is 3.27. The summed E-state index contributed by atoms with van der Waals surface area (Å²) in [7, 11) is 1.61. The highest BCUT2D eigenvalue weighted by atomic mass is 35.5. The summed E-state index contributed by atoms with van der Waals surface area (Å²) in [5.74, 6) is 1.32. The van der Waals surface area contributed by atoms with Gasteiger partial charge in [0.05, 0.1) is 31.5 Å². The number of rotatable bonds is 5. The number of morpholine rings is 1. The zero-order valence-corrected chi connectivity index (χ0v) is 13.9. The first-order valence-corrected chi connectivity index (χ1v) is 8.16. The molecule has 2 heterocycles. The Bertz CT molecular complexity index is 526. The number of hydrogen-bond acceptors (Lipinski definition) is 5. The molecule has 1 N–H and O–H groups in total. The number of nitrogens with one attached hydrogen (secondary N) is 1. The largest absolute Gasteiger partial charge is 0.491 e. The lowest BCUT2D eigenvalue weighted by atomic mass is 10.1. The van der Waals surface area contributed by atoms with Crippen molar-refractivity contribution in [1.29, 1.82) is 0 Å². The van der Waals surface area contributed by atoms with Gasteiger partial charge in [-0.15, -0.1) is 0 Å². The molecule has 1 aromatic rings. The lowest BCUT2D eigenvalue weighted by Crippen LogP contribution is -2.50. The summed E-state index contributed by atoms with van der Waals surface area (Å²) in [4.78, 5) is 2.46. The van der Waals surface area contributed by atoms with Crippen LogP contribution in [0, 0.1) is 0 Å². The average Bonchev–Trinajstić information content (AvgIpc) is 2.97. The Labute approximate surface area is 136 Å². The number of fused-ring (bicyclic) bond motifs is 1. The van der Waals surface area contributed by atoms with E-state index < -0.39 is 0 Å². The van der Waals surface area contributed by atoms with Gasteiger partial charge in [0.1, 0.15) is 0 Å². The van der Waals surface area contributed by atoms with Crippen LogP contribution in [0.4, 0.5) is 0 Å². The summed E-state index contributed by atoms with van der Waals surface area (Å²) in [5, 5.41) is 4.00. The standard InChI is InChI=1S/C16H23ClN2O3/c1-3-21-14-7-11(6-12(17)16(14)20-2)10-19-4-5-22-15-9-18-8-13(15)19/h6-7,13,15,18H,3-5,8-10H2,1-2H3/t13-,15+/m1/s1. The third-order valence-electron chi connectivity index (χ3n) is 4.27. The van der Waals surface area contributed by atoms with E-state index in [0.717, 1.165) is 38.3 Å². The number of methoxy groups -OCH3 is 1. The van der Waals surface area contributed by atoms with E-state index in [4.69, 9.17) is 25.8 Å². The number of halogens is 1. The summed E-state index contributed by atoms with van der Waals surface area (Å²) in [6, 6.07) is 4.43. The van der Waals surface area contributed by atoms with Crippen molar-refractivity contribution in [3.63, 3.8) is 0 Å². The van der Waals surface area contributed by atoms with E-state index in [9.17, 15) is 0 Å². The van der Waals surface area contributed by atoms with Gasteiger partial charge in [0.15, 0.2) is 11.5 Å². The van der Waals surface area contributed by atoms with Crippen molar-refractivity contribution >= 4 is 11.6 Å². The molecule has 2 aliphatic heterocycles. The van der Waals surface area contributed by atoms with E-state index in [1.807, 2.05) is 19.1 Å². The minimum Gasteiger partial charge on any atom is -0.491 e. The highest BCUT2D eigenvalue weighted by Crippen LogP contribution is 2.37. The van der Waals surface area contributed by atoms with Crippen molar-refractivity contribution in [1.82, 2.24) is 10.2 Å². The highest BCUT2D eigenvalue weighted by molar-refractivity contribution is 6.32. The summed E-state index contributed by atoms with van der Waals surface area (Å²) in [5.41, 5.74) is 1.14. The molecule has 122 valence electrons. The zero-order chi connectivity index (χ0) is 15.5. The third kappa shape index (κ3) is 3.18. The van der Waals surface area contributed by atoms with Crippen molar-refractivity contribution in [2.45, 2.75) is 25.6 Å². The van der Waals surface area contributed by atoms with Gasteiger partial charge in [-0.2, -0.15) is 0 Å². The van der Waals surface area contributed by atoms with Crippen LogP contribution in [-0.2, 0) is 11.3 Å². The molecule has 2 aliphatic rings. The Balaban J connectivity index is 1.79. The Kier molecular flexibility index (Phi) is 5.08. The summed E-state index contributed by atoms with van der Waals surface area (Å²) >= 11 is 6.34. The molecule has 0 aliphatic carbocycles. The molecule has 22 heavy (non-hydrogen) atoms. The summed E-state index contributed by atoms with van der Waals surface area (Å²) in [6.45, 7) is 7.03. The molecule has 2 saturated heterocycles. The topological polar surface area (TPSA) is 43.0 Å². The number of benzene rings is 1. The van der Waals surface area contributed by atoms with E-state index in [-0.39, 0.29) is 0 Å². The first-order chi connectivity index (χ1) is 10.7. The quantitative estimate of drug-likeness (QED) is 0.895. The SMILES string of the molecule is CCOc1cc(CN2CCO[C@H]3CNC[C@H]32)cc(Cl)c1OC. The Hall–Kier alpha value is -1.01. The van der Waals surface area contributed by atoms with Gasteiger partial charge in [-0.05, 0) is 24.6 Å². The maximum Gasteiger partial charge on any atom is 0.179 e. The molecule has 0 spiro atoms. The normalized spacial score (nSPS) is 25.0. The van der Waals surface area contributed by atoms with Gasteiger partial charge in [-0.25, -0.2) is 0 Å². The van der Waals surface area contributed by atoms with Crippen molar-refractivity contribution < 1.29 is 14.2 Å². The van der Waals surface area contributed by atoms with Gasteiger partial charge in [0.25, 0.3) is 0 Å². The van der Waals surface area contributed by atoms with E-state index in [2.05, 4.69) is 10.2 Å². The Morgan fingerprint density at radius 3 is 3.05 bits per heavy atom. The van der Waals surface area contributed by atoms with Crippen LogP contribution in [0.15, 0.2) is 12.1 Å². The number of hydrogen-bond donors (Lipinski definition) is 1. The van der Waals surface area contributed by atoms with Crippen LogP contribution in [0.3, 0.4) is 0 Å². The maximum absolute atomic E-state index is 6.34. The van der Waals surface area contributed by atoms with Crippen LogP contribution in [0.25, 0.3) is 0 Å². The number of nitrogens with zero attached hydrogens (tertiary/aromatic N) is 1.